The van der Waals surface area contributed by atoms with E-state index in [9.17, 15) is 0 Å². The van der Waals surface area contributed by atoms with Crippen molar-refractivity contribution in [3.8, 4) is 11.5 Å². The predicted octanol–water partition coefficient (Wildman–Crippen LogP) is 5.11. The molecular weight excluding hydrogens is 357 g/mol. The molecule has 2 aromatic carbocycles. The monoisotopic (exact) mass is 375 g/mol. The Labute approximate surface area is 153 Å². The summed E-state index contributed by atoms with van der Waals surface area (Å²) in [5, 5.41) is 4.42. The lowest BCUT2D eigenvalue weighted by molar-refractivity contribution is 0.340. The summed E-state index contributed by atoms with van der Waals surface area (Å²) >= 11 is 12.4. The van der Waals surface area contributed by atoms with Crippen molar-refractivity contribution in [2.45, 2.75) is 20.0 Å². The molecule has 0 aromatic heterocycles. The Balaban J connectivity index is 0.00000264. The SMILES string of the molecule is CCOc1c(Cl)cc(CNCc2ccccc2OC)cc1Cl.Cl. The van der Waals surface area contributed by atoms with Crippen molar-refractivity contribution in [3.63, 3.8) is 0 Å². The van der Waals surface area contributed by atoms with Gasteiger partial charge in [0.15, 0.2) is 5.75 Å². The van der Waals surface area contributed by atoms with Crippen molar-refractivity contribution < 1.29 is 9.47 Å². The molecule has 126 valence electrons. The van der Waals surface area contributed by atoms with Gasteiger partial charge < -0.3 is 14.8 Å². The smallest absolute Gasteiger partial charge is 0.156 e. The molecule has 23 heavy (non-hydrogen) atoms. The second-order valence-corrected chi connectivity index (χ2v) is 5.55. The molecule has 0 amide bonds. The Morgan fingerprint density at radius 3 is 2.30 bits per heavy atom. The minimum absolute atomic E-state index is 0. The summed E-state index contributed by atoms with van der Waals surface area (Å²) in [5.74, 6) is 1.41. The molecule has 0 aliphatic heterocycles. The van der Waals surface area contributed by atoms with Gasteiger partial charge in [0.05, 0.1) is 23.8 Å². The number of methoxy groups -OCH3 is 1. The Hall–Kier alpha value is -1.13. The molecule has 0 saturated heterocycles. The molecule has 0 fully saturated rings. The van der Waals surface area contributed by atoms with Gasteiger partial charge in [0.2, 0.25) is 0 Å². The number of benzene rings is 2. The van der Waals surface area contributed by atoms with Crippen molar-refractivity contribution in [1.82, 2.24) is 5.32 Å². The zero-order chi connectivity index (χ0) is 15.9. The van der Waals surface area contributed by atoms with E-state index in [0.29, 0.717) is 35.5 Å². The van der Waals surface area contributed by atoms with Gasteiger partial charge in [-0.05, 0) is 30.7 Å². The van der Waals surface area contributed by atoms with E-state index in [0.717, 1.165) is 16.9 Å². The third-order valence-corrected chi connectivity index (χ3v) is 3.75. The highest BCUT2D eigenvalue weighted by molar-refractivity contribution is 6.37. The van der Waals surface area contributed by atoms with Gasteiger partial charge in [-0.25, -0.2) is 0 Å². The van der Waals surface area contributed by atoms with Crippen LogP contribution in [0, 0.1) is 0 Å². The van der Waals surface area contributed by atoms with Crippen LogP contribution in [0.1, 0.15) is 18.1 Å². The summed E-state index contributed by atoms with van der Waals surface area (Å²) in [7, 11) is 1.67. The van der Waals surface area contributed by atoms with E-state index < -0.39 is 0 Å². The average molecular weight is 377 g/mol. The minimum atomic E-state index is 0. The van der Waals surface area contributed by atoms with Gasteiger partial charge in [-0.2, -0.15) is 0 Å². The van der Waals surface area contributed by atoms with Crippen LogP contribution < -0.4 is 14.8 Å². The summed E-state index contributed by atoms with van der Waals surface area (Å²) < 4.78 is 10.8. The quantitative estimate of drug-likeness (QED) is 0.728. The number of hydrogen-bond donors (Lipinski definition) is 1. The molecule has 0 heterocycles. The molecule has 0 radical (unpaired) electrons. The van der Waals surface area contributed by atoms with E-state index in [2.05, 4.69) is 5.32 Å². The molecule has 6 heteroatoms. The van der Waals surface area contributed by atoms with Crippen molar-refractivity contribution in [1.29, 1.82) is 0 Å². The second kappa shape index (κ2) is 9.89. The molecule has 0 spiro atoms. The Kier molecular flexibility index (Phi) is 8.56. The van der Waals surface area contributed by atoms with Crippen LogP contribution in [0.15, 0.2) is 36.4 Å². The first kappa shape index (κ1) is 19.9. The Morgan fingerprint density at radius 2 is 1.70 bits per heavy atom. The van der Waals surface area contributed by atoms with E-state index in [1.165, 1.54) is 0 Å². The Morgan fingerprint density at radius 1 is 1.04 bits per heavy atom. The fraction of sp³-hybridized carbons (Fsp3) is 0.294. The highest BCUT2D eigenvalue weighted by Crippen LogP contribution is 2.34. The van der Waals surface area contributed by atoms with Crippen LogP contribution in [0.5, 0.6) is 11.5 Å². The van der Waals surface area contributed by atoms with Crippen LogP contribution in [-0.2, 0) is 13.1 Å². The predicted molar refractivity (Wildman–Crippen MR) is 98.4 cm³/mol. The van der Waals surface area contributed by atoms with E-state index >= 15 is 0 Å². The third-order valence-electron chi connectivity index (χ3n) is 3.18. The molecule has 3 nitrogen and oxygen atoms in total. The summed E-state index contributed by atoms with van der Waals surface area (Å²) in [5.41, 5.74) is 2.11. The van der Waals surface area contributed by atoms with Gasteiger partial charge in [0.1, 0.15) is 5.75 Å². The maximum absolute atomic E-state index is 6.20. The van der Waals surface area contributed by atoms with E-state index in [4.69, 9.17) is 32.7 Å². The van der Waals surface area contributed by atoms with E-state index in [-0.39, 0.29) is 12.4 Å². The standard InChI is InChI=1S/C17H19Cl2NO2.ClH/c1-3-22-17-14(18)8-12(9-15(17)19)10-20-11-13-6-4-5-7-16(13)21-2;/h4-9,20H,3,10-11H2,1-2H3;1H. The van der Waals surface area contributed by atoms with Crippen molar-refractivity contribution in [2.24, 2.45) is 0 Å². The van der Waals surface area contributed by atoms with Crippen LogP contribution in [0.3, 0.4) is 0 Å². The maximum Gasteiger partial charge on any atom is 0.156 e. The van der Waals surface area contributed by atoms with E-state index in [1.807, 2.05) is 43.3 Å². The largest absolute Gasteiger partial charge is 0.496 e. The number of hydrogen-bond acceptors (Lipinski definition) is 3. The molecule has 0 aliphatic carbocycles. The van der Waals surface area contributed by atoms with E-state index in [1.54, 1.807) is 7.11 Å². The van der Waals surface area contributed by atoms with Crippen molar-refractivity contribution in [3.05, 3.63) is 57.6 Å². The first-order valence-corrected chi connectivity index (χ1v) is 7.84. The lowest BCUT2D eigenvalue weighted by Crippen LogP contribution is -2.13. The molecule has 0 atom stereocenters. The van der Waals surface area contributed by atoms with Crippen LogP contribution in [0.4, 0.5) is 0 Å². The summed E-state index contributed by atoms with van der Waals surface area (Å²) in [6.45, 7) is 3.79. The van der Waals surface area contributed by atoms with Crippen molar-refractivity contribution >= 4 is 35.6 Å². The van der Waals surface area contributed by atoms with Gasteiger partial charge in [-0.1, -0.05) is 41.4 Å². The topological polar surface area (TPSA) is 30.5 Å². The molecule has 0 bridgehead atoms. The number of para-hydroxylation sites is 1. The first-order chi connectivity index (χ1) is 10.7. The fourth-order valence-electron chi connectivity index (χ4n) is 2.19. The molecule has 1 N–H and O–H groups in total. The van der Waals surface area contributed by atoms with Crippen LogP contribution in [0.2, 0.25) is 10.0 Å². The van der Waals surface area contributed by atoms with Gasteiger partial charge >= 0.3 is 0 Å². The highest BCUT2D eigenvalue weighted by atomic mass is 35.5. The number of halogens is 3. The molecule has 0 saturated carbocycles. The number of rotatable bonds is 7. The number of nitrogens with one attached hydrogen (secondary N) is 1. The van der Waals surface area contributed by atoms with Crippen LogP contribution >= 0.6 is 35.6 Å². The zero-order valence-corrected chi connectivity index (χ0v) is 15.4. The van der Waals surface area contributed by atoms with Gasteiger partial charge in [-0.3, -0.25) is 0 Å². The first-order valence-electron chi connectivity index (χ1n) is 7.09. The van der Waals surface area contributed by atoms with Gasteiger partial charge in [0, 0.05) is 18.7 Å². The third kappa shape index (κ3) is 5.47. The molecule has 2 rings (SSSR count). The fourth-order valence-corrected chi connectivity index (χ4v) is 2.83. The molecular formula is C17H20Cl3NO2. The highest BCUT2D eigenvalue weighted by Gasteiger charge is 2.09. The second-order valence-electron chi connectivity index (χ2n) is 4.74. The number of ether oxygens (including phenoxy) is 2. The lowest BCUT2D eigenvalue weighted by atomic mass is 10.2. The van der Waals surface area contributed by atoms with Gasteiger partial charge in [-0.15, -0.1) is 12.4 Å². The minimum Gasteiger partial charge on any atom is -0.496 e. The lowest BCUT2D eigenvalue weighted by Gasteiger charge is -2.12. The van der Waals surface area contributed by atoms with Gasteiger partial charge in [0.25, 0.3) is 0 Å². The summed E-state index contributed by atoms with van der Waals surface area (Å²) in [6, 6.07) is 11.7. The molecule has 0 unspecified atom stereocenters. The summed E-state index contributed by atoms with van der Waals surface area (Å²) in [4.78, 5) is 0. The normalized spacial score (nSPS) is 10.1. The summed E-state index contributed by atoms with van der Waals surface area (Å²) in [6.07, 6.45) is 0. The maximum atomic E-state index is 6.20. The average Bonchev–Trinajstić information content (AvgIpc) is 2.51. The van der Waals surface area contributed by atoms with Crippen LogP contribution in [-0.4, -0.2) is 13.7 Å². The Bertz CT molecular complexity index is 612. The van der Waals surface area contributed by atoms with Crippen LogP contribution in [0.25, 0.3) is 0 Å². The molecule has 2 aromatic rings. The zero-order valence-electron chi connectivity index (χ0n) is 13.1. The van der Waals surface area contributed by atoms with Crippen molar-refractivity contribution in [2.75, 3.05) is 13.7 Å². The molecule has 0 aliphatic rings.